The van der Waals surface area contributed by atoms with Gasteiger partial charge in [0.05, 0.1) is 30.6 Å². The Kier molecular flexibility index (Phi) is 5.30. The van der Waals surface area contributed by atoms with Crippen molar-refractivity contribution in [2.24, 2.45) is 0 Å². The van der Waals surface area contributed by atoms with Gasteiger partial charge in [-0.3, -0.25) is 19.9 Å². The summed E-state index contributed by atoms with van der Waals surface area (Å²) < 4.78 is 34.7. The Morgan fingerprint density at radius 1 is 1.55 bits per heavy atom. The van der Waals surface area contributed by atoms with Crippen LogP contribution in [0, 0.1) is 10.1 Å². The maximum atomic E-state index is 12.7. The van der Waals surface area contributed by atoms with Crippen molar-refractivity contribution in [3.05, 3.63) is 27.6 Å². The van der Waals surface area contributed by atoms with Crippen LogP contribution in [0.5, 0.6) is 5.75 Å². The molecule has 1 aromatic heterocycles. The molecule has 1 rings (SSSR count). The van der Waals surface area contributed by atoms with E-state index in [4.69, 9.17) is 0 Å². The quantitative estimate of drug-likeness (QED) is 0.452. The molecule has 1 heterocycles. The van der Waals surface area contributed by atoms with Gasteiger partial charge in [0.15, 0.2) is 5.69 Å². The monoisotopic (exact) mass is 290 g/mol. The van der Waals surface area contributed by atoms with Gasteiger partial charge in [-0.2, -0.15) is 0 Å². The minimum atomic E-state index is -3.03. The van der Waals surface area contributed by atoms with Gasteiger partial charge in [0.1, 0.15) is 0 Å². The van der Waals surface area contributed by atoms with Crippen LogP contribution in [0.25, 0.3) is 0 Å². The number of carbonyl (C=O) groups is 1. The SMILES string of the molecule is CCOC(=O)Cc1cnc(C(F)F)c(OC)c1[N+](=O)[O-]. The van der Waals surface area contributed by atoms with Gasteiger partial charge in [0, 0.05) is 6.20 Å². The van der Waals surface area contributed by atoms with Crippen LogP contribution in [0.4, 0.5) is 14.5 Å². The standard InChI is InChI=1S/C11H12F2N2O5/c1-3-20-7(16)4-6-5-14-8(11(12)13)10(19-2)9(6)15(17)18/h5,11H,3-4H2,1-2H3. The Morgan fingerprint density at radius 2 is 2.20 bits per heavy atom. The first-order valence-corrected chi connectivity index (χ1v) is 5.56. The first kappa shape index (κ1) is 15.7. The third-order valence-electron chi connectivity index (χ3n) is 2.34. The molecular formula is C11H12F2N2O5. The van der Waals surface area contributed by atoms with E-state index < -0.39 is 40.9 Å². The van der Waals surface area contributed by atoms with Gasteiger partial charge in [-0.25, -0.2) is 8.78 Å². The number of rotatable bonds is 6. The molecule has 0 N–H and O–H groups in total. The maximum absolute atomic E-state index is 12.7. The van der Waals surface area contributed by atoms with Crippen LogP contribution in [-0.2, 0) is 16.0 Å². The van der Waals surface area contributed by atoms with Crippen LogP contribution < -0.4 is 4.74 Å². The maximum Gasteiger partial charge on any atom is 0.318 e. The summed E-state index contributed by atoms with van der Waals surface area (Å²) in [6.45, 7) is 1.68. The minimum absolute atomic E-state index is 0.103. The van der Waals surface area contributed by atoms with Crippen molar-refractivity contribution in [1.82, 2.24) is 4.98 Å². The highest BCUT2D eigenvalue weighted by Crippen LogP contribution is 2.37. The van der Waals surface area contributed by atoms with E-state index in [1.807, 2.05) is 0 Å². The molecule has 0 spiro atoms. The average molecular weight is 290 g/mol. The summed E-state index contributed by atoms with van der Waals surface area (Å²) in [6.07, 6.45) is -2.61. The Morgan fingerprint density at radius 3 is 2.65 bits per heavy atom. The fraction of sp³-hybridized carbons (Fsp3) is 0.455. The predicted molar refractivity (Wildman–Crippen MR) is 62.7 cm³/mol. The van der Waals surface area contributed by atoms with E-state index in [9.17, 15) is 23.7 Å². The van der Waals surface area contributed by atoms with E-state index in [1.54, 1.807) is 6.92 Å². The van der Waals surface area contributed by atoms with Gasteiger partial charge >= 0.3 is 11.7 Å². The number of methoxy groups -OCH3 is 1. The number of halogens is 2. The molecule has 0 aliphatic rings. The van der Waals surface area contributed by atoms with E-state index in [1.165, 1.54) is 0 Å². The van der Waals surface area contributed by atoms with Crippen molar-refractivity contribution < 1.29 is 28.0 Å². The number of pyridine rings is 1. The fourth-order valence-corrected chi connectivity index (χ4v) is 1.59. The second kappa shape index (κ2) is 6.73. The van der Waals surface area contributed by atoms with Gasteiger partial charge in [0.25, 0.3) is 6.43 Å². The lowest BCUT2D eigenvalue weighted by molar-refractivity contribution is -0.386. The van der Waals surface area contributed by atoms with Crippen LogP contribution in [0.1, 0.15) is 24.6 Å². The van der Waals surface area contributed by atoms with E-state index in [2.05, 4.69) is 14.5 Å². The summed E-state index contributed by atoms with van der Waals surface area (Å²) in [6, 6.07) is 0. The molecule has 110 valence electrons. The summed E-state index contributed by atoms with van der Waals surface area (Å²) in [5, 5.41) is 11.0. The summed E-state index contributed by atoms with van der Waals surface area (Å²) >= 11 is 0. The number of ether oxygens (including phenoxy) is 2. The number of nitro groups is 1. The number of alkyl halides is 2. The van der Waals surface area contributed by atoms with E-state index in [0.717, 1.165) is 13.3 Å². The molecule has 0 amide bonds. The number of nitrogens with zero attached hydrogens (tertiary/aromatic N) is 2. The Bertz CT molecular complexity index is 522. The normalized spacial score (nSPS) is 10.4. The van der Waals surface area contributed by atoms with Gasteiger partial charge in [0.2, 0.25) is 5.75 Å². The largest absolute Gasteiger partial charge is 0.489 e. The zero-order chi connectivity index (χ0) is 15.3. The average Bonchev–Trinajstić information content (AvgIpc) is 2.37. The van der Waals surface area contributed by atoms with Gasteiger partial charge in [-0.05, 0) is 6.92 Å². The molecule has 0 fully saturated rings. The summed E-state index contributed by atoms with van der Waals surface area (Å²) in [5.41, 5.74) is -1.69. The zero-order valence-corrected chi connectivity index (χ0v) is 10.8. The third-order valence-corrected chi connectivity index (χ3v) is 2.34. The first-order chi connectivity index (χ1) is 9.42. The Hall–Kier alpha value is -2.32. The number of hydrogen-bond donors (Lipinski definition) is 0. The molecule has 0 saturated carbocycles. The van der Waals surface area contributed by atoms with Crippen LogP contribution >= 0.6 is 0 Å². The molecule has 0 bridgehead atoms. The minimum Gasteiger partial charge on any atom is -0.489 e. The van der Waals surface area contributed by atoms with Crippen molar-refractivity contribution in [3.8, 4) is 5.75 Å². The second-order valence-electron chi connectivity index (χ2n) is 3.59. The summed E-state index contributed by atoms with van der Waals surface area (Å²) in [4.78, 5) is 24.9. The lowest BCUT2D eigenvalue weighted by atomic mass is 10.1. The molecule has 9 heteroatoms. The van der Waals surface area contributed by atoms with E-state index in [0.29, 0.717) is 0 Å². The van der Waals surface area contributed by atoms with Crippen LogP contribution in [0.15, 0.2) is 6.20 Å². The van der Waals surface area contributed by atoms with E-state index in [-0.39, 0.29) is 12.2 Å². The molecule has 0 atom stereocenters. The van der Waals surface area contributed by atoms with Crippen LogP contribution in [-0.4, -0.2) is 29.6 Å². The Balaban J connectivity index is 3.32. The smallest absolute Gasteiger partial charge is 0.318 e. The lowest BCUT2D eigenvalue weighted by Crippen LogP contribution is -2.11. The number of aromatic nitrogens is 1. The highest BCUT2D eigenvalue weighted by molar-refractivity contribution is 5.75. The highest BCUT2D eigenvalue weighted by Gasteiger charge is 2.30. The molecule has 0 radical (unpaired) electrons. The van der Waals surface area contributed by atoms with Crippen LogP contribution in [0.2, 0.25) is 0 Å². The number of hydrogen-bond acceptors (Lipinski definition) is 6. The zero-order valence-electron chi connectivity index (χ0n) is 10.8. The number of esters is 1. The predicted octanol–water partition coefficient (Wildman–Crippen LogP) is 2.04. The molecule has 0 aliphatic heterocycles. The van der Waals surface area contributed by atoms with Crippen LogP contribution in [0.3, 0.4) is 0 Å². The summed E-state index contributed by atoms with van der Waals surface area (Å²) in [7, 11) is 1.02. The van der Waals surface area contributed by atoms with Crippen molar-refractivity contribution in [3.63, 3.8) is 0 Å². The molecule has 1 aromatic rings. The third kappa shape index (κ3) is 3.37. The van der Waals surface area contributed by atoms with Crippen molar-refractivity contribution in [2.75, 3.05) is 13.7 Å². The Labute approximate surface area is 112 Å². The summed E-state index contributed by atoms with van der Waals surface area (Å²) in [5.74, 6) is -1.36. The van der Waals surface area contributed by atoms with Crippen molar-refractivity contribution in [2.45, 2.75) is 19.8 Å². The topological polar surface area (TPSA) is 91.6 Å². The molecule has 0 aliphatic carbocycles. The lowest BCUT2D eigenvalue weighted by Gasteiger charge is -2.10. The van der Waals surface area contributed by atoms with Gasteiger partial charge in [-0.15, -0.1) is 0 Å². The molecule has 0 aromatic carbocycles. The van der Waals surface area contributed by atoms with Gasteiger partial charge in [-0.1, -0.05) is 0 Å². The second-order valence-corrected chi connectivity index (χ2v) is 3.59. The van der Waals surface area contributed by atoms with E-state index >= 15 is 0 Å². The molecule has 0 unspecified atom stereocenters. The van der Waals surface area contributed by atoms with Gasteiger partial charge < -0.3 is 9.47 Å². The molecule has 7 nitrogen and oxygen atoms in total. The van der Waals surface area contributed by atoms with Crippen molar-refractivity contribution >= 4 is 11.7 Å². The molecular weight excluding hydrogens is 278 g/mol. The molecule has 0 saturated heterocycles. The fourth-order valence-electron chi connectivity index (χ4n) is 1.59. The highest BCUT2D eigenvalue weighted by atomic mass is 19.3. The first-order valence-electron chi connectivity index (χ1n) is 5.56. The number of carbonyl (C=O) groups excluding carboxylic acids is 1. The van der Waals surface area contributed by atoms with Crippen molar-refractivity contribution in [1.29, 1.82) is 0 Å². The molecule has 20 heavy (non-hydrogen) atoms.